The molecule has 38 heavy (non-hydrogen) atoms. The van der Waals surface area contributed by atoms with Crippen molar-refractivity contribution in [2.45, 2.75) is 10.9 Å². The first kappa shape index (κ1) is 27.0. The largest absolute Gasteiger partial charge is 0.497 e. The first-order valence-electron chi connectivity index (χ1n) is 11.9. The number of nitrogens with one attached hydrogen (secondary N) is 1. The highest BCUT2D eigenvalue weighted by Crippen LogP contribution is 2.29. The van der Waals surface area contributed by atoms with Gasteiger partial charge in [0.1, 0.15) is 11.5 Å². The van der Waals surface area contributed by atoms with Crippen molar-refractivity contribution >= 4 is 34.6 Å². The van der Waals surface area contributed by atoms with E-state index in [0.29, 0.717) is 57.7 Å². The standard InChI is InChI=1S/C29H29N3O5S/c1-5-19-6-8-20(9-7-19)18-38-29-31-26-14-21(27(33)30-12-13-35-2)10-11-25(26)28(34)32(29)22-15-23(36-3)17-24(16-22)37-4/h5-11,14-17H,1,12-13,18H2,2-4H3,(H,30,33). The van der Waals surface area contributed by atoms with Crippen molar-refractivity contribution in [3.8, 4) is 17.2 Å². The molecular weight excluding hydrogens is 502 g/mol. The Balaban J connectivity index is 1.81. The van der Waals surface area contributed by atoms with Crippen molar-refractivity contribution in [2.24, 2.45) is 0 Å². The summed E-state index contributed by atoms with van der Waals surface area (Å²) in [4.78, 5) is 31.3. The number of aromatic nitrogens is 2. The fraction of sp³-hybridized carbons (Fsp3) is 0.207. The van der Waals surface area contributed by atoms with Gasteiger partial charge in [-0.25, -0.2) is 4.98 Å². The first-order valence-corrected chi connectivity index (χ1v) is 12.9. The quantitative estimate of drug-likeness (QED) is 0.170. The Kier molecular flexibility index (Phi) is 8.83. The van der Waals surface area contributed by atoms with Crippen molar-refractivity contribution in [1.29, 1.82) is 0 Å². The van der Waals surface area contributed by atoms with E-state index in [1.165, 1.54) is 11.8 Å². The van der Waals surface area contributed by atoms with Crippen LogP contribution in [0.3, 0.4) is 0 Å². The molecule has 0 radical (unpaired) electrons. The van der Waals surface area contributed by atoms with Crippen LogP contribution in [-0.2, 0) is 10.5 Å². The molecule has 196 valence electrons. The molecule has 0 atom stereocenters. The van der Waals surface area contributed by atoms with Gasteiger partial charge >= 0.3 is 0 Å². The summed E-state index contributed by atoms with van der Waals surface area (Å²) in [6.45, 7) is 4.58. The van der Waals surface area contributed by atoms with Crippen molar-refractivity contribution in [3.63, 3.8) is 0 Å². The summed E-state index contributed by atoms with van der Waals surface area (Å²) in [6.07, 6.45) is 1.79. The molecule has 4 rings (SSSR count). The second-order valence-corrected chi connectivity index (χ2v) is 9.26. The van der Waals surface area contributed by atoms with Crippen LogP contribution in [0.5, 0.6) is 11.5 Å². The first-order chi connectivity index (χ1) is 18.5. The van der Waals surface area contributed by atoms with Gasteiger partial charge in [0.05, 0.1) is 37.4 Å². The normalized spacial score (nSPS) is 10.8. The average Bonchev–Trinajstić information content (AvgIpc) is 2.95. The van der Waals surface area contributed by atoms with Crippen LogP contribution in [0.1, 0.15) is 21.5 Å². The lowest BCUT2D eigenvalue weighted by Gasteiger charge is -2.16. The highest BCUT2D eigenvalue weighted by atomic mass is 32.2. The van der Waals surface area contributed by atoms with Crippen molar-refractivity contribution in [3.05, 3.63) is 94.3 Å². The predicted molar refractivity (Wildman–Crippen MR) is 151 cm³/mol. The summed E-state index contributed by atoms with van der Waals surface area (Å²) in [6, 6.07) is 18.2. The lowest BCUT2D eigenvalue weighted by molar-refractivity contribution is 0.0937. The Hall–Kier alpha value is -4.08. The predicted octanol–water partition coefficient (Wildman–Crippen LogP) is 4.71. The van der Waals surface area contributed by atoms with Gasteiger partial charge in [0.2, 0.25) is 0 Å². The van der Waals surface area contributed by atoms with E-state index in [9.17, 15) is 9.59 Å². The van der Waals surface area contributed by atoms with Gasteiger partial charge in [-0.05, 0) is 29.3 Å². The maximum atomic E-state index is 13.8. The van der Waals surface area contributed by atoms with E-state index >= 15 is 0 Å². The smallest absolute Gasteiger partial charge is 0.266 e. The molecule has 4 aromatic rings. The summed E-state index contributed by atoms with van der Waals surface area (Å²) in [7, 11) is 4.69. The van der Waals surface area contributed by atoms with E-state index in [2.05, 4.69) is 11.9 Å². The second kappa shape index (κ2) is 12.4. The number of hydrogen-bond acceptors (Lipinski definition) is 7. The lowest BCUT2D eigenvalue weighted by Crippen LogP contribution is -2.27. The van der Waals surface area contributed by atoms with E-state index in [4.69, 9.17) is 19.2 Å². The van der Waals surface area contributed by atoms with Gasteiger partial charge in [0.25, 0.3) is 11.5 Å². The molecule has 8 nitrogen and oxygen atoms in total. The summed E-state index contributed by atoms with van der Waals surface area (Å²) >= 11 is 1.42. The number of hydrogen-bond donors (Lipinski definition) is 1. The maximum Gasteiger partial charge on any atom is 0.266 e. The Morgan fingerprint density at radius 3 is 2.37 bits per heavy atom. The van der Waals surface area contributed by atoms with Crippen LogP contribution in [0.2, 0.25) is 0 Å². The zero-order valence-electron chi connectivity index (χ0n) is 21.5. The minimum atomic E-state index is -0.263. The third-order valence-electron chi connectivity index (χ3n) is 5.87. The topological polar surface area (TPSA) is 91.7 Å². The zero-order chi connectivity index (χ0) is 27.1. The number of methoxy groups -OCH3 is 3. The van der Waals surface area contributed by atoms with Crippen molar-refractivity contribution in [1.82, 2.24) is 14.9 Å². The van der Waals surface area contributed by atoms with Crippen LogP contribution in [0.4, 0.5) is 0 Å². The van der Waals surface area contributed by atoms with Gasteiger partial charge in [0.15, 0.2) is 5.16 Å². The van der Waals surface area contributed by atoms with E-state index in [1.807, 2.05) is 24.3 Å². The number of ether oxygens (including phenoxy) is 3. The highest BCUT2D eigenvalue weighted by molar-refractivity contribution is 7.98. The van der Waals surface area contributed by atoms with E-state index in [0.717, 1.165) is 11.1 Å². The maximum absolute atomic E-state index is 13.8. The van der Waals surface area contributed by atoms with Crippen molar-refractivity contribution in [2.75, 3.05) is 34.5 Å². The molecule has 0 unspecified atom stereocenters. The van der Waals surface area contributed by atoms with Crippen LogP contribution >= 0.6 is 11.8 Å². The molecule has 1 heterocycles. The minimum Gasteiger partial charge on any atom is -0.497 e. The van der Waals surface area contributed by atoms with Crippen LogP contribution in [0.25, 0.3) is 22.7 Å². The second-order valence-electron chi connectivity index (χ2n) is 8.32. The number of thioether (sulfide) groups is 1. The molecule has 1 aromatic heterocycles. The molecule has 0 aliphatic carbocycles. The Labute approximate surface area is 225 Å². The third-order valence-corrected chi connectivity index (χ3v) is 6.88. The number of rotatable bonds is 11. The SMILES string of the molecule is C=Cc1ccc(CSc2nc3cc(C(=O)NCCOC)ccc3c(=O)n2-c2cc(OC)cc(OC)c2)cc1. The Morgan fingerprint density at radius 1 is 1.03 bits per heavy atom. The molecule has 0 aliphatic heterocycles. The molecule has 9 heteroatoms. The van der Waals surface area contributed by atoms with E-state index < -0.39 is 0 Å². The monoisotopic (exact) mass is 531 g/mol. The molecule has 0 bridgehead atoms. The van der Waals surface area contributed by atoms with Gasteiger partial charge in [-0.15, -0.1) is 0 Å². The number of carbonyl (C=O) groups is 1. The molecule has 0 fully saturated rings. The molecule has 1 amide bonds. The molecule has 0 spiro atoms. The van der Waals surface area contributed by atoms with Crippen LogP contribution < -0.4 is 20.3 Å². The number of fused-ring (bicyclic) bond motifs is 1. The fourth-order valence-electron chi connectivity index (χ4n) is 3.82. The zero-order valence-corrected chi connectivity index (χ0v) is 22.3. The molecule has 1 N–H and O–H groups in total. The number of benzene rings is 3. The Morgan fingerprint density at radius 2 is 1.74 bits per heavy atom. The molecule has 3 aromatic carbocycles. The average molecular weight is 532 g/mol. The fourth-order valence-corrected chi connectivity index (χ4v) is 4.79. The number of carbonyl (C=O) groups excluding carboxylic acids is 1. The van der Waals surface area contributed by atoms with Crippen molar-refractivity contribution < 1.29 is 19.0 Å². The summed E-state index contributed by atoms with van der Waals surface area (Å²) in [5.41, 5.74) is 3.24. The minimum absolute atomic E-state index is 0.260. The van der Waals surface area contributed by atoms with Gasteiger partial charge in [-0.3, -0.25) is 14.2 Å². The van der Waals surface area contributed by atoms with Crippen LogP contribution in [-0.4, -0.2) is 49.9 Å². The molecular formula is C29H29N3O5S. The highest BCUT2D eigenvalue weighted by Gasteiger charge is 2.17. The molecule has 0 aliphatic rings. The summed E-state index contributed by atoms with van der Waals surface area (Å²) in [5.74, 6) is 1.41. The van der Waals surface area contributed by atoms with Gasteiger partial charge in [-0.1, -0.05) is 48.7 Å². The third kappa shape index (κ3) is 6.07. The van der Waals surface area contributed by atoms with Crippen LogP contribution in [0.15, 0.2) is 77.2 Å². The van der Waals surface area contributed by atoms with E-state index in [1.54, 1.807) is 68.4 Å². The van der Waals surface area contributed by atoms with Gasteiger partial charge in [0, 0.05) is 43.2 Å². The lowest BCUT2D eigenvalue weighted by atomic mass is 10.1. The van der Waals surface area contributed by atoms with E-state index in [-0.39, 0.29) is 11.5 Å². The summed E-state index contributed by atoms with van der Waals surface area (Å²) in [5, 5.41) is 3.66. The molecule has 0 saturated heterocycles. The number of nitrogens with zero attached hydrogens (tertiary/aromatic N) is 2. The van der Waals surface area contributed by atoms with Crippen LogP contribution in [0, 0.1) is 0 Å². The number of amides is 1. The summed E-state index contributed by atoms with van der Waals surface area (Å²) < 4.78 is 17.4. The Bertz CT molecular complexity index is 1490. The van der Waals surface area contributed by atoms with Gasteiger partial charge < -0.3 is 19.5 Å². The molecule has 0 saturated carbocycles. The van der Waals surface area contributed by atoms with Gasteiger partial charge in [-0.2, -0.15) is 0 Å².